The third-order valence-electron chi connectivity index (χ3n) is 10.7. The second kappa shape index (κ2) is 29.4. The van der Waals surface area contributed by atoms with Gasteiger partial charge in [0.15, 0.2) is 0 Å². The summed E-state index contributed by atoms with van der Waals surface area (Å²) < 4.78 is 11.4. The number of rotatable bonds is 32. The van der Waals surface area contributed by atoms with E-state index in [1.807, 2.05) is 0 Å². The van der Waals surface area contributed by atoms with Crippen LogP contribution in [0.3, 0.4) is 0 Å². The minimum Gasteiger partial charge on any atom is -0.465 e. The Morgan fingerprint density at radius 3 is 1.51 bits per heavy atom. The summed E-state index contributed by atoms with van der Waals surface area (Å²) in [4.78, 5) is 34.0. The van der Waals surface area contributed by atoms with E-state index in [0.29, 0.717) is 61.6 Å². The predicted molar refractivity (Wildman–Crippen MR) is 216 cm³/mol. The highest BCUT2D eigenvalue weighted by Gasteiger charge is 2.18. The van der Waals surface area contributed by atoms with Crippen LogP contribution in [0.4, 0.5) is 0 Å². The third-order valence-corrected chi connectivity index (χ3v) is 10.7. The average molecular weight is 716 g/mol. The van der Waals surface area contributed by atoms with Gasteiger partial charge in [-0.25, -0.2) is 0 Å². The first-order chi connectivity index (χ1) is 24.4. The lowest BCUT2D eigenvalue weighted by Gasteiger charge is -2.26. The molecule has 1 aliphatic rings. The zero-order valence-electron chi connectivity index (χ0n) is 34.9. The molecule has 1 aliphatic heterocycles. The molecule has 296 valence electrons. The van der Waals surface area contributed by atoms with E-state index < -0.39 is 0 Å². The van der Waals surface area contributed by atoms with Crippen LogP contribution in [0.1, 0.15) is 171 Å². The van der Waals surface area contributed by atoms with Gasteiger partial charge >= 0.3 is 11.9 Å². The van der Waals surface area contributed by atoms with Crippen LogP contribution < -0.4 is 0 Å². The monoisotopic (exact) mass is 716 g/mol. The van der Waals surface area contributed by atoms with Crippen LogP contribution in [0, 0.1) is 47.5 Å². The van der Waals surface area contributed by atoms with Crippen LogP contribution in [0.5, 0.6) is 0 Å². The fourth-order valence-corrected chi connectivity index (χ4v) is 6.63. The van der Waals surface area contributed by atoms with Crippen molar-refractivity contribution >= 4 is 17.8 Å². The van der Waals surface area contributed by atoms with Crippen LogP contribution in [0.25, 0.3) is 0 Å². The Morgan fingerprint density at radius 1 is 0.647 bits per heavy atom. The summed E-state index contributed by atoms with van der Waals surface area (Å²) in [5.74, 6) is 7.48. The highest BCUT2D eigenvalue weighted by atomic mass is 16.5. The molecule has 0 aromatic rings. The van der Waals surface area contributed by atoms with Crippen molar-refractivity contribution in [3.05, 3.63) is 0 Å². The Kier molecular flexibility index (Phi) is 27.1. The van der Waals surface area contributed by atoms with Gasteiger partial charge in [-0.3, -0.25) is 9.59 Å². The fourth-order valence-electron chi connectivity index (χ4n) is 6.63. The Bertz CT molecular complexity index is 942. The molecule has 1 heterocycles. The van der Waals surface area contributed by atoms with Crippen LogP contribution in [0.2, 0.25) is 0 Å². The highest BCUT2D eigenvalue weighted by Crippen LogP contribution is 2.22. The van der Waals surface area contributed by atoms with E-state index in [4.69, 9.17) is 9.47 Å². The highest BCUT2D eigenvalue weighted by molar-refractivity contribution is 5.81. The number of hydrogen-bond acceptors (Lipinski definition) is 7. The molecule has 0 aromatic heterocycles. The maximum Gasteiger partial charge on any atom is 0.305 e. The Balaban J connectivity index is 2.31. The van der Waals surface area contributed by atoms with Crippen molar-refractivity contribution < 1.29 is 19.1 Å². The summed E-state index contributed by atoms with van der Waals surface area (Å²) in [6.07, 6.45) is 18.0. The molecule has 0 bridgehead atoms. The molecule has 0 radical (unpaired) electrons. The van der Waals surface area contributed by atoms with Crippen LogP contribution in [-0.2, 0) is 19.1 Å². The predicted octanol–water partition coefficient (Wildman–Crippen LogP) is 10.6. The van der Waals surface area contributed by atoms with Crippen molar-refractivity contribution in [1.29, 1.82) is 0 Å². The minimum absolute atomic E-state index is 0.0245. The molecule has 0 aliphatic carbocycles. The van der Waals surface area contributed by atoms with Gasteiger partial charge in [-0.05, 0) is 107 Å². The molecule has 7 heteroatoms. The maximum atomic E-state index is 12.4. The fraction of sp³-hybridized carbons (Fsp3) is 0.886. The first-order valence-electron chi connectivity index (χ1n) is 21.2. The van der Waals surface area contributed by atoms with Gasteiger partial charge in [-0.15, -0.1) is 0 Å². The van der Waals surface area contributed by atoms with Crippen molar-refractivity contribution in [3.63, 3.8) is 0 Å². The molecule has 7 nitrogen and oxygen atoms in total. The number of hydrogen-bond donors (Lipinski definition) is 0. The van der Waals surface area contributed by atoms with E-state index in [1.165, 1.54) is 51.4 Å². The van der Waals surface area contributed by atoms with Gasteiger partial charge in [0, 0.05) is 25.4 Å². The van der Waals surface area contributed by atoms with E-state index in [9.17, 15) is 9.59 Å². The van der Waals surface area contributed by atoms with Gasteiger partial charge in [0.1, 0.15) is 5.84 Å². The number of ether oxygens (including phenoxy) is 2. The van der Waals surface area contributed by atoms with Crippen LogP contribution >= 0.6 is 0 Å². The number of amidine groups is 1. The number of aliphatic imine (C=N–C) groups is 1. The van der Waals surface area contributed by atoms with Gasteiger partial charge in [0.2, 0.25) is 0 Å². The normalized spacial score (nSPS) is 14.3. The first-order valence-corrected chi connectivity index (χ1v) is 21.2. The molecule has 1 rings (SSSR count). The quantitative estimate of drug-likeness (QED) is 0.0392. The zero-order chi connectivity index (χ0) is 37.9. The second-order valence-electron chi connectivity index (χ2n) is 16.9. The number of carbonyl (C=O) groups excluding carboxylic acids is 2. The molecule has 0 N–H and O–H groups in total. The van der Waals surface area contributed by atoms with Gasteiger partial charge in [0.05, 0.1) is 19.8 Å². The van der Waals surface area contributed by atoms with Gasteiger partial charge in [-0.2, -0.15) is 4.99 Å². The Hall–Kier alpha value is -2.07. The SMILES string of the molecule is CC1=NC#CCN1CCCN(CCCCCCCC(=O)OCC(CCC(C)C)C(C)C)CCCCCCCC(=O)OCC(CCC(C)C)C(C)C. The molecular formula is C44H81N3O4. The number of nitrogens with zero attached hydrogens (tertiary/aromatic N) is 3. The molecule has 0 saturated heterocycles. The lowest BCUT2D eigenvalue weighted by atomic mass is 9.89. The lowest BCUT2D eigenvalue weighted by molar-refractivity contribution is -0.146. The minimum atomic E-state index is -0.0245. The van der Waals surface area contributed by atoms with Crippen molar-refractivity contribution in [1.82, 2.24) is 9.80 Å². The summed E-state index contributed by atoms with van der Waals surface area (Å²) >= 11 is 0. The maximum absolute atomic E-state index is 12.4. The van der Waals surface area contributed by atoms with Crippen molar-refractivity contribution in [2.24, 2.45) is 40.5 Å². The van der Waals surface area contributed by atoms with Gasteiger partial charge in [-0.1, -0.05) is 113 Å². The van der Waals surface area contributed by atoms with E-state index in [0.717, 1.165) is 83.5 Å². The zero-order valence-corrected chi connectivity index (χ0v) is 34.9. The van der Waals surface area contributed by atoms with E-state index in [1.54, 1.807) is 0 Å². The van der Waals surface area contributed by atoms with E-state index >= 15 is 0 Å². The van der Waals surface area contributed by atoms with Crippen molar-refractivity contribution in [3.8, 4) is 12.0 Å². The van der Waals surface area contributed by atoms with Gasteiger partial charge < -0.3 is 19.3 Å². The van der Waals surface area contributed by atoms with E-state index in [2.05, 4.69) is 89.1 Å². The Morgan fingerprint density at radius 2 is 1.08 bits per heavy atom. The molecule has 2 unspecified atom stereocenters. The average Bonchev–Trinajstić information content (AvgIpc) is 3.07. The molecule has 0 fully saturated rings. The number of unbranched alkanes of at least 4 members (excludes halogenated alkanes) is 8. The molecule has 0 aromatic carbocycles. The molecule has 51 heavy (non-hydrogen) atoms. The number of carbonyl (C=O) groups is 2. The van der Waals surface area contributed by atoms with Crippen molar-refractivity contribution in [2.45, 2.75) is 171 Å². The standard InChI is InChI=1S/C44H81N3O4/c1-36(2)24-26-41(38(5)6)34-50-43(48)22-16-12-10-14-18-29-46(31-21-33-47-32-20-28-45-40(47)9)30-19-15-11-13-17-23-44(49)51-35-42(39(7)8)27-25-37(3)4/h36-39,41-42H,10-19,21-27,29-35H2,1-9H3. The molecule has 0 spiro atoms. The van der Waals surface area contributed by atoms with Crippen molar-refractivity contribution in [2.75, 3.05) is 45.9 Å². The summed E-state index contributed by atoms with van der Waals surface area (Å²) in [7, 11) is 0. The van der Waals surface area contributed by atoms with Crippen LogP contribution in [-0.4, -0.2) is 73.5 Å². The molecular weight excluding hydrogens is 635 g/mol. The Labute approximate surface area is 315 Å². The third kappa shape index (κ3) is 25.5. The largest absolute Gasteiger partial charge is 0.465 e. The molecule has 0 saturated carbocycles. The van der Waals surface area contributed by atoms with Gasteiger partial charge in [0.25, 0.3) is 0 Å². The smallest absolute Gasteiger partial charge is 0.305 e. The summed E-state index contributed by atoms with van der Waals surface area (Å²) in [6, 6.07) is 2.85. The topological polar surface area (TPSA) is 71.4 Å². The van der Waals surface area contributed by atoms with Crippen LogP contribution in [0.15, 0.2) is 4.99 Å². The molecule has 2 atom stereocenters. The summed E-state index contributed by atoms with van der Waals surface area (Å²) in [5.41, 5.74) is 0. The van der Waals surface area contributed by atoms with E-state index in [-0.39, 0.29) is 11.9 Å². The first kappa shape index (κ1) is 47.0. The second-order valence-corrected chi connectivity index (χ2v) is 16.9. The summed E-state index contributed by atoms with van der Waals surface area (Å²) in [6.45, 7) is 26.3. The number of esters is 2. The lowest BCUT2D eigenvalue weighted by Crippen LogP contribution is -2.35. The molecule has 0 amide bonds. The summed E-state index contributed by atoms with van der Waals surface area (Å²) in [5, 5.41) is 0.